The van der Waals surface area contributed by atoms with Crippen LogP contribution >= 0.6 is 15.9 Å². The van der Waals surface area contributed by atoms with E-state index in [4.69, 9.17) is 9.47 Å². The van der Waals surface area contributed by atoms with Gasteiger partial charge in [-0.05, 0) is 44.6 Å². The molecule has 1 aromatic carbocycles. The zero-order chi connectivity index (χ0) is 34.8. The van der Waals surface area contributed by atoms with E-state index in [1.807, 2.05) is 37.3 Å². The van der Waals surface area contributed by atoms with E-state index in [1.165, 1.54) is 0 Å². The highest BCUT2D eigenvalue weighted by atomic mass is 79.9. The molecule has 2 bridgehead atoms. The van der Waals surface area contributed by atoms with E-state index < -0.39 is 41.6 Å². The monoisotopic (exact) mass is 729 g/mol. The number of benzene rings is 1. The highest BCUT2D eigenvalue weighted by Gasteiger charge is 2.76. The number of esters is 1. The van der Waals surface area contributed by atoms with Crippen LogP contribution < -0.4 is 5.32 Å². The van der Waals surface area contributed by atoms with Crippen molar-refractivity contribution in [2.24, 2.45) is 11.8 Å². The Hall–Kier alpha value is -3.02. The molecule has 2 N–H and O–H groups in total. The highest BCUT2D eigenvalue weighted by Crippen LogP contribution is 2.60. The summed E-state index contributed by atoms with van der Waals surface area (Å²) in [7, 11) is 0. The Bertz CT molecular complexity index is 1290. The number of halogens is 1. The maximum absolute atomic E-state index is 14.6. The number of nitrogens with zero attached hydrogens (tertiary/aromatic N) is 2. The summed E-state index contributed by atoms with van der Waals surface area (Å²) >= 11 is 3.76. The molecule has 8 atom stereocenters. The first-order chi connectivity index (χ1) is 23.1. The fourth-order valence-corrected chi connectivity index (χ4v) is 8.64. The maximum Gasteiger partial charge on any atom is 0.306 e. The van der Waals surface area contributed by atoms with Gasteiger partial charge in [0.1, 0.15) is 18.2 Å². The Kier molecular flexibility index (Phi) is 13.8. The summed E-state index contributed by atoms with van der Waals surface area (Å²) in [5.41, 5.74) is -0.415. The molecule has 3 aliphatic rings. The number of ether oxygens (including phenoxy) is 2. The van der Waals surface area contributed by atoms with Crippen molar-refractivity contribution in [1.82, 2.24) is 15.1 Å². The molecule has 4 rings (SSSR count). The number of aliphatic hydroxyl groups excluding tert-OH is 1. The van der Waals surface area contributed by atoms with Crippen LogP contribution in [0.25, 0.3) is 0 Å². The van der Waals surface area contributed by atoms with Crippen LogP contribution in [0.5, 0.6) is 0 Å². The molecule has 10 nitrogen and oxygen atoms in total. The molecule has 3 aliphatic heterocycles. The van der Waals surface area contributed by atoms with Crippen molar-refractivity contribution in [2.75, 3.05) is 26.3 Å². The summed E-state index contributed by atoms with van der Waals surface area (Å²) in [6.07, 6.45) is 8.47. The van der Waals surface area contributed by atoms with Crippen LogP contribution in [-0.4, -0.2) is 93.5 Å². The number of nitrogens with one attached hydrogen (secondary N) is 1. The topological polar surface area (TPSA) is 125 Å². The van der Waals surface area contributed by atoms with Crippen molar-refractivity contribution in [3.63, 3.8) is 0 Å². The molecule has 3 heterocycles. The summed E-state index contributed by atoms with van der Waals surface area (Å²) in [5, 5.41) is 12.3. The van der Waals surface area contributed by atoms with Gasteiger partial charge in [-0.1, -0.05) is 84.6 Å². The first-order valence-electron chi connectivity index (χ1n) is 17.4. The molecule has 0 aliphatic carbocycles. The molecule has 264 valence electrons. The van der Waals surface area contributed by atoms with Crippen LogP contribution in [0.3, 0.4) is 0 Å². The zero-order valence-corrected chi connectivity index (χ0v) is 29.9. The molecule has 0 saturated carbocycles. The lowest BCUT2D eigenvalue weighted by atomic mass is 9.70. The highest BCUT2D eigenvalue weighted by molar-refractivity contribution is 9.09. The molecule has 3 fully saturated rings. The third-order valence-corrected chi connectivity index (χ3v) is 10.8. The quantitative estimate of drug-likeness (QED) is 0.0851. The van der Waals surface area contributed by atoms with Crippen LogP contribution in [0, 0.1) is 11.8 Å². The number of hydrogen-bond donors (Lipinski definition) is 2. The van der Waals surface area contributed by atoms with Crippen molar-refractivity contribution >= 4 is 39.6 Å². The fraction of sp³-hybridized carbons (Fsp3) is 0.622. The first kappa shape index (κ1) is 37.8. The van der Waals surface area contributed by atoms with Gasteiger partial charge in [-0.2, -0.15) is 0 Å². The summed E-state index contributed by atoms with van der Waals surface area (Å²) in [6, 6.07) is 7.67. The number of carbonyl (C=O) groups is 4. The van der Waals surface area contributed by atoms with Crippen molar-refractivity contribution in [3.05, 3.63) is 61.2 Å². The summed E-state index contributed by atoms with van der Waals surface area (Å²) in [6.45, 7) is 12.4. The van der Waals surface area contributed by atoms with E-state index in [9.17, 15) is 24.3 Å². The van der Waals surface area contributed by atoms with Gasteiger partial charge in [-0.3, -0.25) is 19.2 Å². The number of fused-ring (bicyclic) bond motifs is 1. The van der Waals surface area contributed by atoms with E-state index in [2.05, 4.69) is 41.3 Å². The lowest BCUT2D eigenvalue weighted by molar-refractivity contribution is -0.149. The van der Waals surface area contributed by atoms with E-state index in [1.54, 1.807) is 22.0 Å². The number of carbonyl (C=O) groups excluding carboxylic acids is 4. The van der Waals surface area contributed by atoms with Gasteiger partial charge >= 0.3 is 5.97 Å². The number of rotatable bonds is 20. The van der Waals surface area contributed by atoms with Crippen molar-refractivity contribution in [2.45, 2.75) is 106 Å². The predicted molar refractivity (Wildman–Crippen MR) is 187 cm³/mol. The molecule has 48 heavy (non-hydrogen) atoms. The number of aliphatic hydroxyl groups is 1. The van der Waals surface area contributed by atoms with Crippen molar-refractivity contribution < 1.29 is 33.8 Å². The lowest BCUT2D eigenvalue weighted by Crippen LogP contribution is -2.58. The van der Waals surface area contributed by atoms with E-state index in [0.29, 0.717) is 38.8 Å². The number of hydrogen-bond acceptors (Lipinski definition) is 7. The van der Waals surface area contributed by atoms with Gasteiger partial charge in [-0.15, -0.1) is 13.2 Å². The second-order valence-corrected chi connectivity index (χ2v) is 14.4. The van der Waals surface area contributed by atoms with Gasteiger partial charge in [0.05, 0.1) is 24.0 Å². The first-order valence-corrected chi connectivity index (χ1v) is 18.3. The van der Waals surface area contributed by atoms with Crippen LogP contribution in [0.1, 0.15) is 83.2 Å². The third-order valence-electron chi connectivity index (χ3n) is 9.96. The third kappa shape index (κ3) is 8.05. The van der Waals surface area contributed by atoms with E-state index in [0.717, 1.165) is 31.2 Å². The minimum absolute atomic E-state index is 0.0711. The number of allylic oxidation sites excluding steroid dienone is 1. The summed E-state index contributed by atoms with van der Waals surface area (Å²) in [5.74, 6) is -2.89. The predicted octanol–water partition coefficient (Wildman–Crippen LogP) is 4.86. The average molecular weight is 731 g/mol. The molecule has 11 heteroatoms. The standard InChI is InChI=1S/C37H52BrN3O7/c1-5-8-19-29(43)47-24-28(26-17-12-11-13-18-26)39-34(44)30-31-35(45)41(21-14-9-10-15-22-42)33(37(31)23-27(38)32(30)48-37)36(46)40(20-7-3)25(4)16-6-2/h5,7,11-13,17-18,25,27-28,30-33,42H,1,3,6,8-10,14-16,19-24H2,2,4H3,(H,39,44)/t25?,27?,28-,30-,31+,32-,33-,37+/m0/s1. The number of amides is 3. The van der Waals surface area contributed by atoms with E-state index >= 15 is 0 Å². The van der Waals surface area contributed by atoms with Gasteiger partial charge in [0, 0.05) is 37.0 Å². The number of likely N-dealkylation sites (tertiary alicyclic amines) is 1. The Morgan fingerprint density at radius 2 is 1.92 bits per heavy atom. The molecule has 3 saturated heterocycles. The van der Waals surface area contributed by atoms with Crippen LogP contribution in [0.15, 0.2) is 55.6 Å². The average Bonchev–Trinajstić information content (AvgIpc) is 3.67. The smallest absolute Gasteiger partial charge is 0.306 e. The van der Waals surface area contributed by atoms with Gasteiger partial charge in [0.15, 0.2) is 0 Å². The molecule has 2 unspecified atom stereocenters. The Morgan fingerprint density at radius 3 is 2.58 bits per heavy atom. The fourth-order valence-electron chi connectivity index (χ4n) is 7.70. The zero-order valence-electron chi connectivity index (χ0n) is 28.4. The van der Waals surface area contributed by atoms with Crippen LogP contribution in [0.4, 0.5) is 0 Å². The molecular formula is C37H52BrN3O7. The van der Waals surface area contributed by atoms with Gasteiger partial charge in [0.2, 0.25) is 17.7 Å². The molecule has 1 aromatic rings. The van der Waals surface area contributed by atoms with E-state index in [-0.39, 0.29) is 48.2 Å². The Morgan fingerprint density at radius 1 is 1.19 bits per heavy atom. The molecule has 1 spiro atoms. The number of unbranched alkanes of at least 4 members (excludes halogenated alkanes) is 3. The second-order valence-electron chi connectivity index (χ2n) is 13.2. The SMILES string of the molecule is C=CCCC(=O)OC[C@H](NC(=O)[C@@H]1[C@H]2O[C@@]3(CC2Br)[C@H](C(=O)N(CC=C)C(C)CCC)N(CCCCCCO)C(=O)[C@@H]13)c1ccccc1. The lowest BCUT2D eigenvalue weighted by Gasteiger charge is -2.39. The second kappa shape index (κ2) is 17.6. The largest absolute Gasteiger partial charge is 0.463 e. The molecular weight excluding hydrogens is 678 g/mol. The molecule has 0 radical (unpaired) electrons. The minimum Gasteiger partial charge on any atom is -0.463 e. The Labute approximate surface area is 293 Å². The van der Waals surface area contributed by atoms with Crippen molar-refractivity contribution in [1.29, 1.82) is 0 Å². The molecule has 3 amide bonds. The van der Waals surface area contributed by atoms with Crippen LogP contribution in [-0.2, 0) is 28.7 Å². The number of alkyl halides is 1. The molecule has 0 aromatic heterocycles. The van der Waals surface area contributed by atoms with Gasteiger partial charge in [0.25, 0.3) is 0 Å². The Balaban J connectivity index is 1.66. The van der Waals surface area contributed by atoms with Gasteiger partial charge in [-0.25, -0.2) is 0 Å². The maximum atomic E-state index is 14.6. The van der Waals surface area contributed by atoms with Crippen LogP contribution in [0.2, 0.25) is 0 Å². The summed E-state index contributed by atoms with van der Waals surface area (Å²) < 4.78 is 12.3. The normalized spacial score (nSPS) is 26.9. The summed E-state index contributed by atoms with van der Waals surface area (Å²) in [4.78, 5) is 59.1. The van der Waals surface area contributed by atoms with Crippen molar-refractivity contribution in [3.8, 4) is 0 Å². The minimum atomic E-state index is -1.18. The van der Waals surface area contributed by atoms with Gasteiger partial charge < -0.3 is 29.7 Å².